The van der Waals surface area contributed by atoms with Gasteiger partial charge in [0.25, 0.3) is 0 Å². The van der Waals surface area contributed by atoms with Crippen LogP contribution in [0.25, 0.3) is 0 Å². The smallest absolute Gasteiger partial charge is 0.0510 e. The van der Waals surface area contributed by atoms with Crippen molar-refractivity contribution in [1.29, 1.82) is 0 Å². The van der Waals surface area contributed by atoms with Gasteiger partial charge in [-0.25, -0.2) is 0 Å². The summed E-state index contributed by atoms with van der Waals surface area (Å²) in [5.74, 6) is 0.732. The molecule has 0 radical (unpaired) electrons. The first kappa shape index (κ1) is 13.0. The summed E-state index contributed by atoms with van der Waals surface area (Å²) in [5, 5.41) is 3.69. The lowest BCUT2D eigenvalue weighted by Crippen LogP contribution is -2.39. The molecule has 1 rings (SSSR count). The second-order valence-corrected chi connectivity index (χ2v) is 5.95. The Hall–Kier alpha value is -0.0800. The van der Waals surface area contributed by atoms with Crippen LogP contribution in [0, 0.1) is 11.3 Å². The van der Waals surface area contributed by atoms with Crippen molar-refractivity contribution in [2.75, 3.05) is 19.8 Å². The summed E-state index contributed by atoms with van der Waals surface area (Å²) in [6, 6.07) is 0.646. The summed E-state index contributed by atoms with van der Waals surface area (Å²) < 4.78 is 5.49. The number of rotatable bonds is 5. The summed E-state index contributed by atoms with van der Waals surface area (Å²) >= 11 is 0. The maximum Gasteiger partial charge on any atom is 0.0510 e. The normalized spacial score (nSPS) is 24.4. The number of nitrogens with one attached hydrogen (secondary N) is 1. The van der Waals surface area contributed by atoms with Gasteiger partial charge in [-0.15, -0.1) is 0 Å². The predicted octanol–water partition coefficient (Wildman–Crippen LogP) is 2.83. The molecule has 0 aromatic carbocycles. The van der Waals surface area contributed by atoms with Gasteiger partial charge < -0.3 is 10.1 Å². The van der Waals surface area contributed by atoms with Crippen LogP contribution in [0.2, 0.25) is 0 Å². The molecule has 1 aliphatic heterocycles. The molecule has 2 nitrogen and oxygen atoms in total. The Morgan fingerprint density at radius 1 is 1.40 bits per heavy atom. The quantitative estimate of drug-likeness (QED) is 0.758. The van der Waals surface area contributed by atoms with E-state index in [-0.39, 0.29) is 0 Å². The second-order valence-electron chi connectivity index (χ2n) is 5.95. The Kier molecular flexibility index (Phi) is 5.07. The van der Waals surface area contributed by atoms with Gasteiger partial charge in [0.2, 0.25) is 0 Å². The lowest BCUT2D eigenvalue weighted by atomic mass is 9.82. The molecule has 15 heavy (non-hydrogen) atoms. The van der Waals surface area contributed by atoms with Gasteiger partial charge in [0.15, 0.2) is 0 Å². The average molecular weight is 213 g/mol. The molecule has 2 atom stereocenters. The van der Waals surface area contributed by atoms with Crippen LogP contribution in [0.1, 0.15) is 47.0 Å². The van der Waals surface area contributed by atoms with Crippen molar-refractivity contribution in [2.24, 2.45) is 11.3 Å². The minimum Gasteiger partial charge on any atom is -0.381 e. The molecule has 0 amide bonds. The van der Waals surface area contributed by atoms with Crippen LogP contribution in [0.4, 0.5) is 0 Å². The van der Waals surface area contributed by atoms with Gasteiger partial charge in [-0.05, 0) is 37.1 Å². The number of hydrogen-bond acceptors (Lipinski definition) is 2. The molecule has 0 saturated carbocycles. The fourth-order valence-corrected chi connectivity index (χ4v) is 2.27. The molecular formula is C13H27NO. The lowest BCUT2D eigenvalue weighted by Gasteiger charge is -2.30. The fraction of sp³-hybridized carbons (Fsp3) is 1.00. The summed E-state index contributed by atoms with van der Waals surface area (Å²) in [6.45, 7) is 12.2. The van der Waals surface area contributed by atoms with E-state index in [2.05, 4.69) is 33.0 Å². The van der Waals surface area contributed by atoms with Crippen LogP contribution in [-0.4, -0.2) is 25.8 Å². The molecule has 1 aliphatic rings. The van der Waals surface area contributed by atoms with Crippen molar-refractivity contribution in [3.05, 3.63) is 0 Å². The van der Waals surface area contributed by atoms with Gasteiger partial charge in [-0.3, -0.25) is 0 Å². The highest BCUT2D eigenvalue weighted by Crippen LogP contribution is 2.27. The molecule has 2 heteroatoms. The third kappa shape index (κ3) is 4.98. The van der Waals surface area contributed by atoms with E-state index < -0.39 is 0 Å². The standard InChI is InChI=1S/C13H27NO/c1-5-7-14-12(9-13(2,3)4)11-6-8-15-10-11/h11-12,14H,5-10H2,1-4H3. The fourth-order valence-electron chi connectivity index (χ4n) is 2.27. The van der Waals surface area contributed by atoms with E-state index in [1.807, 2.05) is 0 Å². The minimum atomic E-state index is 0.411. The monoisotopic (exact) mass is 213 g/mol. The van der Waals surface area contributed by atoms with E-state index in [1.165, 1.54) is 19.3 Å². The Labute approximate surface area is 94.8 Å². The molecule has 1 heterocycles. The van der Waals surface area contributed by atoms with E-state index in [4.69, 9.17) is 4.74 Å². The van der Waals surface area contributed by atoms with Crippen LogP contribution in [0.5, 0.6) is 0 Å². The van der Waals surface area contributed by atoms with E-state index in [0.717, 1.165) is 25.7 Å². The van der Waals surface area contributed by atoms with Crippen LogP contribution in [-0.2, 0) is 4.74 Å². The van der Waals surface area contributed by atoms with Gasteiger partial charge in [0, 0.05) is 12.6 Å². The molecule has 0 aromatic heterocycles. The highest BCUT2D eigenvalue weighted by atomic mass is 16.5. The third-order valence-corrected chi connectivity index (χ3v) is 3.02. The molecule has 0 aliphatic carbocycles. The van der Waals surface area contributed by atoms with E-state index >= 15 is 0 Å². The Bertz CT molecular complexity index is 168. The van der Waals surface area contributed by atoms with Gasteiger partial charge >= 0.3 is 0 Å². The minimum absolute atomic E-state index is 0.411. The molecule has 0 spiro atoms. The van der Waals surface area contributed by atoms with Crippen LogP contribution < -0.4 is 5.32 Å². The van der Waals surface area contributed by atoms with Crippen molar-refractivity contribution in [1.82, 2.24) is 5.32 Å². The molecule has 0 aromatic rings. The maximum absolute atomic E-state index is 5.49. The highest BCUT2D eigenvalue weighted by molar-refractivity contribution is 4.83. The summed E-state index contributed by atoms with van der Waals surface area (Å²) in [4.78, 5) is 0. The van der Waals surface area contributed by atoms with Crippen LogP contribution in [0.3, 0.4) is 0 Å². The summed E-state index contributed by atoms with van der Waals surface area (Å²) in [7, 11) is 0. The van der Waals surface area contributed by atoms with Crippen molar-refractivity contribution in [2.45, 2.75) is 53.0 Å². The lowest BCUT2D eigenvalue weighted by molar-refractivity contribution is 0.166. The largest absolute Gasteiger partial charge is 0.381 e. The SMILES string of the molecule is CCCNC(CC(C)(C)C)C1CCOC1. The van der Waals surface area contributed by atoms with E-state index in [1.54, 1.807) is 0 Å². The zero-order chi connectivity index (χ0) is 11.3. The van der Waals surface area contributed by atoms with E-state index in [9.17, 15) is 0 Å². The van der Waals surface area contributed by atoms with Crippen molar-refractivity contribution in [3.63, 3.8) is 0 Å². The van der Waals surface area contributed by atoms with Gasteiger partial charge in [-0.1, -0.05) is 27.7 Å². The van der Waals surface area contributed by atoms with Gasteiger partial charge in [0.1, 0.15) is 0 Å². The first-order valence-electron chi connectivity index (χ1n) is 6.34. The number of ether oxygens (including phenoxy) is 1. The number of hydrogen-bond donors (Lipinski definition) is 1. The molecule has 0 bridgehead atoms. The third-order valence-electron chi connectivity index (χ3n) is 3.02. The molecule has 1 saturated heterocycles. The van der Waals surface area contributed by atoms with Crippen LogP contribution in [0.15, 0.2) is 0 Å². The molecule has 2 unspecified atom stereocenters. The van der Waals surface area contributed by atoms with Gasteiger partial charge in [0.05, 0.1) is 6.61 Å². The predicted molar refractivity (Wildman–Crippen MR) is 65.1 cm³/mol. The Balaban J connectivity index is 2.44. The topological polar surface area (TPSA) is 21.3 Å². The Morgan fingerprint density at radius 2 is 2.13 bits per heavy atom. The molecule has 1 N–H and O–H groups in total. The average Bonchev–Trinajstić information content (AvgIpc) is 2.63. The maximum atomic E-state index is 5.49. The molecule has 1 fully saturated rings. The van der Waals surface area contributed by atoms with Crippen molar-refractivity contribution >= 4 is 0 Å². The first-order chi connectivity index (χ1) is 7.03. The first-order valence-corrected chi connectivity index (χ1v) is 6.34. The van der Waals surface area contributed by atoms with Crippen LogP contribution >= 0.6 is 0 Å². The van der Waals surface area contributed by atoms with Crippen molar-refractivity contribution < 1.29 is 4.74 Å². The highest BCUT2D eigenvalue weighted by Gasteiger charge is 2.28. The van der Waals surface area contributed by atoms with Crippen molar-refractivity contribution in [3.8, 4) is 0 Å². The Morgan fingerprint density at radius 3 is 2.60 bits per heavy atom. The summed E-state index contributed by atoms with van der Waals surface area (Å²) in [6.07, 6.45) is 3.70. The second kappa shape index (κ2) is 5.86. The van der Waals surface area contributed by atoms with E-state index in [0.29, 0.717) is 11.5 Å². The molecular weight excluding hydrogens is 186 g/mol. The molecule has 90 valence electrons. The zero-order valence-electron chi connectivity index (χ0n) is 10.8. The summed E-state index contributed by atoms with van der Waals surface area (Å²) in [5.41, 5.74) is 0.411. The van der Waals surface area contributed by atoms with Gasteiger partial charge in [-0.2, -0.15) is 0 Å². The zero-order valence-corrected chi connectivity index (χ0v) is 10.8.